The summed E-state index contributed by atoms with van der Waals surface area (Å²) in [5.74, 6) is -12.8. The van der Waals surface area contributed by atoms with E-state index in [0.29, 0.717) is 19.6 Å². The van der Waals surface area contributed by atoms with Gasteiger partial charge in [0.2, 0.25) is 0 Å². The van der Waals surface area contributed by atoms with Gasteiger partial charge < -0.3 is 45.6 Å². The van der Waals surface area contributed by atoms with Gasteiger partial charge in [0.15, 0.2) is 0 Å². The average molecular weight is 598 g/mol. The minimum Gasteiger partial charge on any atom is -0.480 e. The zero-order valence-corrected chi connectivity index (χ0v) is 21.3. The molecule has 0 spiro atoms. The highest BCUT2D eigenvalue weighted by atomic mass is 16.5. The summed E-state index contributed by atoms with van der Waals surface area (Å²) in [6.45, 7) is -10.1. The van der Waals surface area contributed by atoms with Crippen molar-refractivity contribution in [2.75, 3.05) is 65.4 Å². The molecule has 0 aromatic rings. The Morgan fingerprint density at radius 3 is 0.756 bits per heavy atom. The lowest BCUT2D eigenvalue weighted by Crippen LogP contribution is -2.57. The van der Waals surface area contributed by atoms with Crippen LogP contribution in [0.4, 0.5) is 0 Å². The second kappa shape index (κ2) is 18.0. The molecule has 0 heterocycles. The van der Waals surface area contributed by atoms with Gasteiger partial charge in [-0.3, -0.25) is 58.0 Å². The van der Waals surface area contributed by atoms with Crippen LogP contribution in [-0.4, -0.2) is 186 Å². The fraction of sp³-hybridized carbons (Fsp3) is 0.600. The minimum atomic E-state index is -1.90. The van der Waals surface area contributed by atoms with Crippen molar-refractivity contribution in [2.24, 2.45) is 0 Å². The standard InChI is InChI=1S/C20H30N4O17/c25-13(26)3-21(4-14(27)28)1-11(23(7-17(33)34)8-18(35)36)41-12(24(9-19(37)38)10-20(39)40)2-22(5-15(29)30)6-16(31)32/h11-12H,1-10H2,(H,25,26)(H,27,28)(H,29,30)(H,31,32)(H,33,34)(H,35,36)(H,37,38)(H,39,40). The molecule has 0 aliphatic carbocycles. The van der Waals surface area contributed by atoms with E-state index in [0.717, 1.165) is 0 Å². The van der Waals surface area contributed by atoms with E-state index in [1.165, 1.54) is 0 Å². The predicted molar refractivity (Wildman–Crippen MR) is 126 cm³/mol. The number of aliphatic carboxylic acids is 8. The van der Waals surface area contributed by atoms with Crippen molar-refractivity contribution in [3.05, 3.63) is 0 Å². The summed E-state index contributed by atoms with van der Waals surface area (Å²) in [7, 11) is 0. The lowest BCUT2D eigenvalue weighted by atomic mass is 10.3. The smallest absolute Gasteiger partial charge is 0.317 e. The van der Waals surface area contributed by atoms with E-state index in [1.54, 1.807) is 0 Å². The van der Waals surface area contributed by atoms with Crippen molar-refractivity contribution in [3.8, 4) is 0 Å². The monoisotopic (exact) mass is 598 g/mol. The molecule has 0 amide bonds. The molecule has 0 aromatic heterocycles. The summed E-state index contributed by atoms with van der Waals surface area (Å²) >= 11 is 0. The number of carboxylic acids is 8. The van der Waals surface area contributed by atoms with Crippen molar-refractivity contribution in [3.63, 3.8) is 0 Å². The third kappa shape index (κ3) is 17.7. The summed E-state index contributed by atoms with van der Waals surface area (Å²) in [6.07, 6.45) is -3.79. The van der Waals surface area contributed by atoms with Crippen LogP contribution in [0, 0.1) is 0 Å². The lowest BCUT2D eigenvalue weighted by molar-refractivity contribution is -0.187. The molecule has 2 atom stereocenters. The van der Waals surface area contributed by atoms with E-state index in [2.05, 4.69) is 0 Å². The molecule has 21 heteroatoms. The third-order valence-corrected chi connectivity index (χ3v) is 4.75. The van der Waals surface area contributed by atoms with Crippen LogP contribution in [0.1, 0.15) is 0 Å². The first-order chi connectivity index (χ1) is 18.9. The van der Waals surface area contributed by atoms with E-state index in [1.807, 2.05) is 0 Å². The molecule has 0 rings (SSSR count). The topological polar surface area (TPSA) is 321 Å². The molecule has 21 nitrogen and oxygen atoms in total. The van der Waals surface area contributed by atoms with Crippen LogP contribution >= 0.6 is 0 Å². The lowest BCUT2D eigenvalue weighted by Gasteiger charge is -2.39. The Morgan fingerprint density at radius 2 is 0.585 bits per heavy atom. The molecule has 41 heavy (non-hydrogen) atoms. The highest BCUT2D eigenvalue weighted by molar-refractivity contribution is 5.74. The average Bonchev–Trinajstić information content (AvgIpc) is 2.73. The van der Waals surface area contributed by atoms with Gasteiger partial charge in [-0.05, 0) is 0 Å². The molecular weight excluding hydrogens is 568 g/mol. The first kappa shape index (κ1) is 36.6. The van der Waals surface area contributed by atoms with Crippen LogP contribution in [0.3, 0.4) is 0 Å². The van der Waals surface area contributed by atoms with E-state index in [4.69, 9.17) is 25.2 Å². The van der Waals surface area contributed by atoms with Crippen LogP contribution in [0.25, 0.3) is 0 Å². The Kier molecular flexibility index (Phi) is 16.1. The fourth-order valence-electron chi connectivity index (χ4n) is 3.46. The SMILES string of the molecule is O=C(O)CN(CC(=O)O)CC(OC(CN(CC(=O)O)CC(=O)O)N(CC(=O)O)CC(=O)O)N(CC(=O)O)CC(=O)O. The summed E-state index contributed by atoms with van der Waals surface area (Å²) in [5, 5.41) is 73.8. The molecule has 0 aliphatic rings. The molecule has 0 radical (unpaired) electrons. The summed E-state index contributed by atoms with van der Waals surface area (Å²) in [5.41, 5.74) is 0. The maximum atomic E-state index is 11.5. The molecule has 0 fully saturated rings. The molecule has 0 aliphatic heterocycles. The normalized spacial score (nSPS) is 12.8. The van der Waals surface area contributed by atoms with Crippen LogP contribution in [0.15, 0.2) is 0 Å². The second-order valence-corrected chi connectivity index (χ2v) is 8.34. The molecule has 0 saturated heterocycles. The van der Waals surface area contributed by atoms with Gasteiger partial charge in [0, 0.05) is 13.1 Å². The van der Waals surface area contributed by atoms with E-state index in [-0.39, 0.29) is 0 Å². The van der Waals surface area contributed by atoms with Crippen LogP contribution in [0.5, 0.6) is 0 Å². The maximum absolute atomic E-state index is 11.5. The Balaban J connectivity index is 6.87. The van der Waals surface area contributed by atoms with Gasteiger partial charge >= 0.3 is 47.8 Å². The minimum absolute atomic E-state index is 0.576. The van der Waals surface area contributed by atoms with Crippen molar-refractivity contribution >= 4 is 47.8 Å². The van der Waals surface area contributed by atoms with Gasteiger partial charge in [-0.15, -0.1) is 0 Å². The highest BCUT2D eigenvalue weighted by Crippen LogP contribution is 2.14. The predicted octanol–water partition coefficient (Wildman–Crippen LogP) is -4.46. The maximum Gasteiger partial charge on any atom is 0.317 e. The summed E-state index contributed by atoms with van der Waals surface area (Å²) < 4.78 is 5.71. The number of nitrogens with zero attached hydrogens (tertiary/aromatic N) is 4. The fourth-order valence-corrected chi connectivity index (χ4v) is 3.46. The summed E-state index contributed by atoms with van der Waals surface area (Å²) in [4.78, 5) is 93.6. The van der Waals surface area contributed by atoms with Crippen LogP contribution in [-0.2, 0) is 43.1 Å². The van der Waals surface area contributed by atoms with Gasteiger partial charge in [-0.25, -0.2) is 0 Å². The van der Waals surface area contributed by atoms with Crippen molar-refractivity contribution in [1.82, 2.24) is 19.6 Å². The Labute approximate surface area is 229 Å². The van der Waals surface area contributed by atoms with E-state index >= 15 is 0 Å². The number of carbonyl (C=O) groups is 8. The number of rotatable bonds is 24. The zero-order chi connectivity index (χ0) is 31.9. The van der Waals surface area contributed by atoms with Gasteiger partial charge in [0.25, 0.3) is 0 Å². The Bertz CT molecular complexity index is 849. The third-order valence-electron chi connectivity index (χ3n) is 4.75. The molecular formula is C20H30N4O17. The quantitative estimate of drug-likeness (QED) is 0.0485. The largest absolute Gasteiger partial charge is 0.480 e. The number of carboxylic acid groups (broad SMARTS) is 8. The van der Waals surface area contributed by atoms with Gasteiger partial charge in [0.05, 0.1) is 52.4 Å². The molecule has 0 bridgehead atoms. The number of hydrogen-bond acceptors (Lipinski definition) is 13. The van der Waals surface area contributed by atoms with Crippen molar-refractivity contribution < 1.29 is 83.9 Å². The molecule has 0 saturated carbocycles. The van der Waals surface area contributed by atoms with Crippen LogP contribution < -0.4 is 0 Å². The van der Waals surface area contributed by atoms with Crippen LogP contribution in [0.2, 0.25) is 0 Å². The van der Waals surface area contributed by atoms with E-state index < -0.39 is 126 Å². The number of ether oxygens (including phenoxy) is 1. The number of hydrogen-bond donors (Lipinski definition) is 8. The highest BCUT2D eigenvalue weighted by Gasteiger charge is 2.34. The molecule has 8 N–H and O–H groups in total. The molecule has 2 unspecified atom stereocenters. The van der Waals surface area contributed by atoms with Crippen molar-refractivity contribution in [1.29, 1.82) is 0 Å². The molecule has 0 aromatic carbocycles. The van der Waals surface area contributed by atoms with Gasteiger partial charge in [-0.1, -0.05) is 0 Å². The first-order valence-corrected chi connectivity index (χ1v) is 11.2. The van der Waals surface area contributed by atoms with Crippen molar-refractivity contribution in [2.45, 2.75) is 12.5 Å². The van der Waals surface area contributed by atoms with Gasteiger partial charge in [-0.2, -0.15) is 0 Å². The first-order valence-electron chi connectivity index (χ1n) is 11.2. The zero-order valence-electron chi connectivity index (χ0n) is 21.3. The Hall–Kier alpha value is -4.44. The summed E-state index contributed by atoms with van der Waals surface area (Å²) in [6, 6.07) is 0. The Morgan fingerprint density at radius 1 is 0.390 bits per heavy atom. The second-order valence-electron chi connectivity index (χ2n) is 8.34. The van der Waals surface area contributed by atoms with E-state index in [9.17, 15) is 58.8 Å². The van der Waals surface area contributed by atoms with Gasteiger partial charge in [0.1, 0.15) is 12.5 Å². The molecule has 232 valence electrons.